The lowest BCUT2D eigenvalue weighted by atomic mass is 10.1. The second kappa shape index (κ2) is 6.09. The summed E-state index contributed by atoms with van der Waals surface area (Å²) in [5, 5.41) is 12.9. The van der Waals surface area contributed by atoms with Gasteiger partial charge in [0, 0.05) is 12.1 Å². The van der Waals surface area contributed by atoms with Gasteiger partial charge in [0.25, 0.3) is 0 Å². The molecule has 2 heterocycles. The van der Waals surface area contributed by atoms with Gasteiger partial charge in [-0.25, -0.2) is 13.1 Å². The third kappa shape index (κ3) is 3.49. The molecule has 0 aliphatic carbocycles. The van der Waals surface area contributed by atoms with E-state index in [0.29, 0.717) is 6.42 Å². The number of furan rings is 1. The molecule has 5 nitrogen and oxygen atoms in total. The van der Waals surface area contributed by atoms with Gasteiger partial charge in [0.15, 0.2) is 0 Å². The number of aliphatic hydroxyl groups is 1. The van der Waals surface area contributed by atoms with Crippen molar-refractivity contribution in [3.8, 4) is 0 Å². The molecule has 0 fully saturated rings. The van der Waals surface area contributed by atoms with Gasteiger partial charge in [-0.05, 0) is 42.7 Å². The van der Waals surface area contributed by atoms with E-state index in [-0.39, 0.29) is 29.1 Å². The quantitative estimate of drug-likeness (QED) is 0.855. The Kier molecular flexibility index (Phi) is 4.64. The van der Waals surface area contributed by atoms with E-state index in [1.54, 1.807) is 18.3 Å². The zero-order valence-electron chi connectivity index (χ0n) is 11.3. The SMILES string of the molecule is Cc1oc(CO)cc1S(=O)(=O)NC(C)Cc1ccsc1. The Morgan fingerprint density at radius 3 is 2.80 bits per heavy atom. The van der Waals surface area contributed by atoms with Crippen LogP contribution in [0.5, 0.6) is 0 Å². The Morgan fingerprint density at radius 2 is 2.25 bits per heavy atom. The largest absolute Gasteiger partial charge is 0.462 e. The molecule has 7 heteroatoms. The van der Waals surface area contributed by atoms with E-state index in [0.717, 1.165) is 5.56 Å². The second-order valence-corrected chi connectivity index (χ2v) is 7.11. The summed E-state index contributed by atoms with van der Waals surface area (Å²) >= 11 is 1.58. The van der Waals surface area contributed by atoms with Crippen molar-refractivity contribution >= 4 is 21.4 Å². The highest BCUT2D eigenvalue weighted by atomic mass is 32.2. The Morgan fingerprint density at radius 1 is 1.50 bits per heavy atom. The lowest BCUT2D eigenvalue weighted by Gasteiger charge is -2.12. The number of rotatable bonds is 6. The summed E-state index contributed by atoms with van der Waals surface area (Å²) in [6.45, 7) is 3.07. The summed E-state index contributed by atoms with van der Waals surface area (Å²) in [5.41, 5.74) is 1.10. The molecule has 2 aromatic heterocycles. The zero-order chi connectivity index (χ0) is 14.8. The van der Waals surface area contributed by atoms with Crippen molar-refractivity contribution < 1.29 is 17.9 Å². The average molecular weight is 315 g/mol. The highest BCUT2D eigenvalue weighted by molar-refractivity contribution is 7.89. The fourth-order valence-electron chi connectivity index (χ4n) is 2.00. The van der Waals surface area contributed by atoms with Gasteiger partial charge in [0.05, 0.1) is 0 Å². The molecule has 0 aliphatic heterocycles. The molecule has 110 valence electrons. The Balaban J connectivity index is 2.12. The van der Waals surface area contributed by atoms with Crippen LogP contribution in [0.25, 0.3) is 0 Å². The fourth-order valence-corrected chi connectivity index (χ4v) is 4.13. The molecule has 2 N–H and O–H groups in total. The lowest BCUT2D eigenvalue weighted by Crippen LogP contribution is -2.34. The molecule has 0 saturated heterocycles. The van der Waals surface area contributed by atoms with Gasteiger partial charge in [-0.2, -0.15) is 11.3 Å². The number of aliphatic hydroxyl groups excluding tert-OH is 1. The van der Waals surface area contributed by atoms with Gasteiger partial charge in [-0.1, -0.05) is 0 Å². The van der Waals surface area contributed by atoms with Gasteiger partial charge in [0.1, 0.15) is 23.0 Å². The molecule has 0 amide bonds. The highest BCUT2D eigenvalue weighted by Crippen LogP contribution is 2.20. The van der Waals surface area contributed by atoms with E-state index in [4.69, 9.17) is 9.52 Å². The lowest BCUT2D eigenvalue weighted by molar-refractivity contribution is 0.244. The number of thiophene rings is 1. The van der Waals surface area contributed by atoms with Crippen molar-refractivity contribution in [2.45, 2.75) is 37.8 Å². The minimum absolute atomic E-state index is 0.0821. The maximum absolute atomic E-state index is 12.3. The first-order chi connectivity index (χ1) is 9.42. The van der Waals surface area contributed by atoms with Crippen LogP contribution in [-0.4, -0.2) is 19.6 Å². The van der Waals surface area contributed by atoms with Crippen molar-refractivity contribution in [2.24, 2.45) is 0 Å². The third-order valence-electron chi connectivity index (χ3n) is 2.85. The Hall–Kier alpha value is -1.15. The maximum atomic E-state index is 12.3. The van der Waals surface area contributed by atoms with Gasteiger partial charge in [0.2, 0.25) is 10.0 Å². The molecule has 0 spiro atoms. The molecule has 2 rings (SSSR count). The normalized spacial score (nSPS) is 13.6. The minimum Gasteiger partial charge on any atom is -0.462 e. The number of hydrogen-bond acceptors (Lipinski definition) is 5. The molecule has 0 aromatic carbocycles. The standard InChI is InChI=1S/C13H17NO4S2/c1-9(5-11-3-4-19-8-11)14-20(16,17)13-6-12(7-15)18-10(13)2/h3-4,6,8-9,14-15H,5,7H2,1-2H3. The van der Waals surface area contributed by atoms with Gasteiger partial charge in [-0.3, -0.25) is 0 Å². The van der Waals surface area contributed by atoms with Crippen LogP contribution in [0.2, 0.25) is 0 Å². The average Bonchev–Trinajstić information content (AvgIpc) is 2.97. The van der Waals surface area contributed by atoms with E-state index >= 15 is 0 Å². The van der Waals surface area contributed by atoms with Gasteiger partial charge in [-0.15, -0.1) is 0 Å². The van der Waals surface area contributed by atoms with E-state index in [1.807, 2.05) is 23.8 Å². The zero-order valence-corrected chi connectivity index (χ0v) is 12.9. The summed E-state index contributed by atoms with van der Waals surface area (Å²) in [7, 11) is -3.63. The van der Waals surface area contributed by atoms with Crippen molar-refractivity contribution in [3.63, 3.8) is 0 Å². The summed E-state index contributed by atoms with van der Waals surface area (Å²) in [5.74, 6) is 0.526. The molecule has 0 saturated carbocycles. The maximum Gasteiger partial charge on any atom is 0.244 e. The van der Waals surface area contributed by atoms with E-state index in [9.17, 15) is 8.42 Å². The molecule has 1 atom stereocenters. The Labute approximate surface area is 122 Å². The number of nitrogens with one attached hydrogen (secondary N) is 1. The van der Waals surface area contributed by atoms with Crippen LogP contribution in [0, 0.1) is 6.92 Å². The topological polar surface area (TPSA) is 79.5 Å². The van der Waals surface area contributed by atoms with Gasteiger partial charge >= 0.3 is 0 Å². The first-order valence-corrected chi connectivity index (χ1v) is 8.58. The first kappa shape index (κ1) is 15.2. The molecule has 2 aromatic rings. The summed E-state index contributed by atoms with van der Waals surface area (Å²) in [6.07, 6.45) is 0.631. The predicted molar refractivity (Wildman–Crippen MR) is 77.2 cm³/mol. The van der Waals surface area contributed by atoms with Crippen molar-refractivity contribution in [3.05, 3.63) is 40.0 Å². The molecule has 0 bridgehead atoms. The smallest absolute Gasteiger partial charge is 0.244 e. The summed E-state index contributed by atoms with van der Waals surface area (Å²) in [4.78, 5) is 0.0821. The second-order valence-electron chi connectivity index (χ2n) is 4.65. The molecular weight excluding hydrogens is 298 g/mol. The number of aryl methyl sites for hydroxylation is 1. The van der Waals surface area contributed by atoms with Crippen LogP contribution in [0.3, 0.4) is 0 Å². The summed E-state index contributed by atoms with van der Waals surface area (Å²) in [6, 6.07) is 3.11. The Bertz CT molecular complexity index is 659. The summed E-state index contributed by atoms with van der Waals surface area (Å²) < 4.78 is 32.3. The van der Waals surface area contributed by atoms with E-state index < -0.39 is 10.0 Å². The van der Waals surface area contributed by atoms with Crippen molar-refractivity contribution in [1.29, 1.82) is 0 Å². The predicted octanol–water partition coefficient (Wildman–Crippen LogP) is 2.05. The van der Waals surface area contributed by atoms with Crippen LogP contribution in [-0.2, 0) is 23.1 Å². The minimum atomic E-state index is -3.63. The first-order valence-electron chi connectivity index (χ1n) is 6.16. The fraction of sp³-hybridized carbons (Fsp3) is 0.385. The van der Waals surface area contributed by atoms with E-state index in [2.05, 4.69) is 4.72 Å². The third-order valence-corrected chi connectivity index (χ3v) is 5.28. The van der Waals surface area contributed by atoms with Crippen LogP contribution >= 0.6 is 11.3 Å². The number of sulfonamides is 1. The molecule has 1 unspecified atom stereocenters. The van der Waals surface area contributed by atoms with Crippen LogP contribution in [0.15, 0.2) is 32.2 Å². The van der Waals surface area contributed by atoms with E-state index in [1.165, 1.54) is 6.07 Å². The van der Waals surface area contributed by atoms with Crippen LogP contribution in [0.1, 0.15) is 24.0 Å². The highest BCUT2D eigenvalue weighted by Gasteiger charge is 2.23. The number of hydrogen-bond donors (Lipinski definition) is 2. The van der Waals surface area contributed by atoms with Crippen LogP contribution in [0.4, 0.5) is 0 Å². The monoisotopic (exact) mass is 315 g/mol. The van der Waals surface area contributed by atoms with Crippen molar-refractivity contribution in [1.82, 2.24) is 4.72 Å². The molecule has 0 aliphatic rings. The molecular formula is C13H17NO4S2. The van der Waals surface area contributed by atoms with Crippen LogP contribution < -0.4 is 4.72 Å². The molecule has 0 radical (unpaired) electrons. The van der Waals surface area contributed by atoms with Crippen molar-refractivity contribution in [2.75, 3.05) is 0 Å². The van der Waals surface area contributed by atoms with Gasteiger partial charge < -0.3 is 9.52 Å². The molecule has 20 heavy (non-hydrogen) atoms.